The maximum Gasteiger partial charge on any atom is 0.326 e. The molecular formula is C13H25NO3. The third-order valence-corrected chi connectivity index (χ3v) is 2.60. The van der Waals surface area contributed by atoms with E-state index >= 15 is 0 Å². The minimum Gasteiger partial charge on any atom is -0.480 e. The van der Waals surface area contributed by atoms with Gasteiger partial charge < -0.3 is 10.4 Å². The van der Waals surface area contributed by atoms with E-state index in [-0.39, 0.29) is 11.8 Å². The summed E-state index contributed by atoms with van der Waals surface area (Å²) in [7, 11) is 0. The lowest BCUT2D eigenvalue weighted by Crippen LogP contribution is -2.41. The zero-order valence-corrected chi connectivity index (χ0v) is 11.2. The third kappa shape index (κ3) is 8.72. The molecule has 4 nitrogen and oxygen atoms in total. The van der Waals surface area contributed by atoms with Gasteiger partial charge in [0, 0.05) is 6.42 Å². The van der Waals surface area contributed by atoms with Crippen molar-refractivity contribution in [2.45, 2.75) is 65.3 Å². The zero-order chi connectivity index (χ0) is 13.3. The van der Waals surface area contributed by atoms with Crippen molar-refractivity contribution in [3.63, 3.8) is 0 Å². The van der Waals surface area contributed by atoms with E-state index in [0.29, 0.717) is 12.8 Å². The van der Waals surface area contributed by atoms with E-state index in [0.717, 1.165) is 25.7 Å². The number of unbranched alkanes of at least 4 members (excludes halogenated alkanes) is 3. The van der Waals surface area contributed by atoms with Gasteiger partial charge in [0.15, 0.2) is 0 Å². The Balaban J connectivity index is 3.91. The molecule has 0 saturated carbocycles. The van der Waals surface area contributed by atoms with Crippen molar-refractivity contribution in [3.8, 4) is 0 Å². The fraction of sp³-hybridized carbons (Fsp3) is 0.846. The van der Waals surface area contributed by atoms with Crippen LogP contribution in [0.3, 0.4) is 0 Å². The maximum absolute atomic E-state index is 11.5. The summed E-state index contributed by atoms with van der Waals surface area (Å²) < 4.78 is 0. The molecule has 100 valence electrons. The molecule has 1 amide bonds. The summed E-state index contributed by atoms with van der Waals surface area (Å²) in [6.07, 6.45) is 5.05. The molecule has 17 heavy (non-hydrogen) atoms. The summed E-state index contributed by atoms with van der Waals surface area (Å²) in [4.78, 5) is 22.5. The normalized spacial score (nSPS) is 12.5. The monoisotopic (exact) mass is 243 g/mol. The Kier molecular flexibility index (Phi) is 8.46. The number of carboxylic acids is 1. The smallest absolute Gasteiger partial charge is 0.326 e. The van der Waals surface area contributed by atoms with E-state index in [1.807, 2.05) is 13.8 Å². The lowest BCUT2D eigenvalue weighted by atomic mass is 10.0. The van der Waals surface area contributed by atoms with Gasteiger partial charge in [-0.3, -0.25) is 4.79 Å². The molecular weight excluding hydrogens is 218 g/mol. The van der Waals surface area contributed by atoms with Gasteiger partial charge in [0.1, 0.15) is 6.04 Å². The van der Waals surface area contributed by atoms with E-state index in [9.17, 15) is 9.59 Å². The Labute approximate surface area is 104 Å². The molecule has 0 spiro atoms. The SMILES string of the molecule is CCCCCCC(=O)NC(CC(C)C)C(=O)O. The highest BCUT2D eigenvalue weighted by Gasteiger charge is 2.20. The van der Waals surface area contributed by atoms with Gasteiger partial charge in [-0.15, -0.1) is 0 Å². The molecule has 0 aliphatic carbocycles. The van der Waals surface area contributed by atoms with Gasteiger partial charge in [-0.05, 0) is 18.8 Å². The van der Waals surface area contributed by atoms with Gasteiger partial charge in [-0.2, -0.15) is 0 Å². The first-order valence-corrected chi connectivity index (χ1v) is 6.49. The number of nitrogens with one attached hydrogen (secondary N) is 1. The van der Waals surface area contributed by atoms with Crippen LogP contribution in [-0.4, -0.2) is 23.0 Å². The number of hydrogen-bond acceptors (Lipinski definition) is 2. The fourth-order valence-electron chi connectivity index (χ4n) is 1.67. The lowest BCUT2D eigenvalue weighted by Gasteiger charge is -2.16. The van der Waals surface area contributed by atoms with Crippen molar-refractivity contribution < 1.29 is 14.7 Å². The number of rotatable bonds is 9. The van der Waals surface area contributed by atoms with Gasteiger partial charge in [0.25, 0.3) is 0 Å². The lowest BCUT2D eigenvalue weighted by molar-refractivity contribution is -0.142. The van der Waals surface area contributed by atoms with Gasteiger partial charge in [-0.1, -0.05) is 40.0 Å². The minimum absolute atomic E-state index is 0.144. The van der Waals surface area contributed by atoms with E-state index < -0.39 is 12.0 Å². The van der Waals surface area contributed by atoms with Gasteiger partial charge in [0.05, 0.1) is 0 Å². The molecule has 0 bridgehead atoms. The minimum atomic E-state index is -0.944. The molecule has 1 atom stereocenters. The summed E-state index contributed by atoms with van der Waals surface area (Å²) in [6.45, 7) is 6.01. The first-order valence-electron chi connectivity index (χ1n) is 6.49. The van der Waals surface area contributed by atoms with Crippen LogP contribution in [0.15, 0.2) is 0 Å². The largest absolute Gasteiger partial charge is 0.480 e. The summed E-state index contributed by atoms with van der Waals surface area (Å²) in [5.41, 5.74) is 0. The maximum atomic E-state index is 11.5. The number of amides is 1. The third-order valence-electron chi connectivity index (χ3n) is 2.60. The first-order chi connectivity index (χ1) is 7.97. The molecule has 2 N–H and O–H groups in total. The van der Waals surface area contributed by atoms with Crippen molar-refractivity contribution in [2.75, 3.05) is 0 Å². The topological polar surface area (TPSA) is 66.4 Å². The number of hydrogen-bond donors (Lipinski definition) is 2. The van der Waals surface area contributed by atoms with Crippen molar-refractivity contribution in [1.82, 2.24) is 5.32 Å². The molecule has 0 rings (SSSR count). The van der Waals surface area contributed by atoms with Crippen molar-refractivity contribution in [3.05, 3.63) is 0 Å². The summed E-state index contributed by atoms with van der Waals surface area (Å²) in [5, 5.41) is 11.6. The Hall–Kier alpha value is -1.06. The highest BCUT2D eigenvalue weighted by molar-refractivity contribution is 5.83. The van der Waals surface area contributed by atoms with E-state index in [1.165, 1.54) is 0 Å². The molecule has 0 aromatic heterocycles. The van der Waals surface area contributed by atoms with Crippen LogP contribution in [0, 0.1) is 5.92 Å². The molecule has 0 aromatic carbocycles. The average Bonchev–Trinajstić information content (AvgIpc) is 2.22. The van der Waals surface area contributed by atoms with Crippen LogP contribution in [0.2, 0.25) is 0 Å². The van der Waals surface area contributed by atoms with E-state index in [1.54, 1.807) is 0 Å². The molecule has 0 saturated heterocycles. The standard InChI is InChI=1S/C13H25NO3/c1-4-5-6-7-8-12(15)14-11(13(16)17)9-10(2)3/h10-11H,4-9H2,1-3H3,(H,14,15)(H,16,17). The van der Waals surface area contributed by atoms with Crippen molar-refractivity contribution in [2.24, 2.45) is 5.92 Å². The molecule has 0 aliphatic rings. The molecule has 4 heteroatoms. The average molecular weight is 243 g/mol. The van der Waals surface area contributed by atoms with Crippen LogP contribution in [0.4, 0.5) is 0 Å². The number of carbonyl (C=O) groups excluding carboxylic acids is 1. The Morgan fingerprint density at radius 1 is 1.18 bits per heavy atom. The Morgan fingerprint density at radius 2 is 1.82 bits per heavy atom. The number of carbonyl (C=O) groups is 2. The summed E-state index contributed by atoms with van der Waals surface area (Å²) >= 11 is 0. The predicted octanol–water partition coefficient (Wildman–Crippen LogP) is 2.57. The Bertz CT molecular complexity index is 239. The number of carboxylic acid groups (broad SMARTS) is 1. The van der Waals surface area contributed by atoms with E-state index in [4.69, 9.17) is 5.11 Å². The van der Waals surface area contributed by atoms with Crippen LogP contribution < -0.4 is 5.32 Å². The van der Waals surface area contributed by atoms with Crippen LogP contribution in [0.1, 0.15) is 59.3 Å². The molecule has 1 unspecified atom stereocenters. The molecule has 0 heterocycles. The fourth-order valence-corrected chi connectivity index (χ4v) is 1.67. The van der Waals surface area contributed by atoms with E-state index in [2.05, 4.69) is 12.2 Å². The number of aliphatic carboxylic acids is 1. The quantitative estimate of drug-likeness (QED) is 0.612. The molecule has 0 fully saturated rings. The first kappa shape index (κ1) is 15.9. The van der Waals surface area contributed by atoms with Gasteiger partial charge in [-0.25, -0.2) is 4.79 Å². The highest BCUT2D eigenvalue weighted by atomic mass is 16.4. The zero-order valence-electron chi connectivity index (χ0n) is 11.2. The summed E-state index contributed by atoms with van der Waals surface area (Å²) in [6, 6.07) is -0.742. The second kappa shape index (κ2) is 9.02. The molecule has 0 aromatic rings. The van der Waals surface area contributed by atoms with Crippen LogP contribution in [0.5, 0.6) is 0 Å². The van der Waals surface area contributed by atoms with Crippen molar-refractivity contribution >= 4 is 11.9 Å². The Morgan fingerprint density at radius 3 is 2.29 bits per heavy atom. The highest BCUT2D eigenvalue weighted by Crippen LogP contribution is 2.07. The van der Waals surface area contributed by atoms with Crippen LogP contribution in [0.25, 0.3) is 0 Å². The van der Waals surface area contributed by atoms with Gasteiger partial charge >= 0.3 is 5.97 Å². The van der Waals surface area contributed by atoms with Crippen LogP contribution in [-0.2, 0) is 9.59 Å². The van der Waals surface area contributed by atoms with Crippen molar-refractivity contribution in [1.29, 1.82) is 0 Å². The second-order valence-corrected chi connectivity index (χ2v) is 4.90. The van der Waals surface area contributed by atoms with Crippen LogP contribution >= 0.6 is 0 Å². The predicted molar refractivity (Wildman–Crippen MR) is 67.8 cm³/mol. The van der Waals surface area contributed by atoms with Gasteiger partial charge in [0.2, 0.25) is 5.91 Å². The molecule has 0 radical (unpaired) electrons. The summed E-state index contributed by atoms with van der Waals surface area (Å²) in [5.74, 6) is -0.828. The second-order valence-electron chi connectivity index (χ2n) is 4.90. The molecule has 0 aliphatic heterocycles.